The van der Waals surface area contributed by atoms with Crippen LogP contribution in [0, 0.1) is 11.3 Å². The molecule has 0 aliphatic carbocycles. The standard InChI is InChI=1S/C34H36F5N3O4S/c1-3-33(35,36)46-22-29-16-9-26(23-5-12-27(13-6-23)34(37,38)39)21-42(29)28-14-7-25(8-15-28)32(43)41-31(19-20-40)24-10-17-30(18-11-24)47(44,45)4-2/h5-8,10-15,17-18,26,29,31H,3-4,9,16,19,21-22H2,1-2H3,(H,41,43)/t26?,29-,31+/m0/s1. The molecule has 0 saturated carbocycles. The molecule has 1 amide bonds. The van der Waals surface area contributed by atoms with Crippen LogP contribution in [0.1, 0.15) is 78.5 Å². The van der Waals surface area contributed by atoms with Gasteiger partial charge in [0.25, 0.3) is 5.91 Å². The van der Waals surface area contributed by atoms with E-state index in [1.54, 1.807) is 36.4 Å². The van der Waals surface area contributed by atoms with Crippen LogP contribution in [-0.4, -0.2) is 45.4 Å². The maximum absolute atomic E-state index is 14.0. The molecule has 47 heavy (non-hydrogen) atoms. The number of piperidine rings is 1. The second-order valence-corrected chi connectivity index (χ2v) is 13.7. The first kappa shape index (κ1) is 35.8. The normalized spacial score (nSPS) is 18.0. The Kier molecular flexibility index (Phi) is 11.3. The van der Waals surface area contributed by atoms with E-state index in [1.165, 1.54) is 38.1 Å². The molecular weight excluding hydrogens is 641 g/mol. The van der Waals surface area contributed by atoms with Crippen LogP contribution in [0.2, 0.25) is 0 Å². The number of carbonyl (C=O) groups is 1. The van der Waals surface area contributed by atoms with Crippen molar-refractivity contribution in [3.63, 3.8) is 0 Å². The lowest BCUT2D eigenvalue weighted by Crippen LogP contribution is -2.46. The van der Waals surface area contributed by atoms with Gasteiger partial charge in [0.2, 0.25) is 0 Å². The molecule has 0 aromatic heterocycles. The van der Waals surface area contributed by atoms with Gasteiger partial charge in [-0.1, -0.05) is 38.1 Å². The maximum atomic E-state index is 14.0. The molecule has 4 rings (SSSR count). The van der Waals surface area contributed by atoms with Crippen LogP contribution < -0.4 is 10.2 Å². The summed E-state index contributed by atoms with van der Waals surface area (Å²) in [6, 6.07) is 18.3. The number of carbonyl (C=O) groups excluding carboxylic acids is 1. The van der Waals surface area contributed by atoms with Gasteiger partial charge in [-0.3, -0.25) is 4.79 Å². The molecule has 1 N–H and O–H groups in total. The molecule has 13 heteroatoms. The van der Waals surface area contributed by atoms with Gasteiger partial charge in [-0.25, -0.2) is 8.42 Å². The number of nitrogens with one attached hydrogen (secondary N) is 1. The predicted octanol–water partition coefficient (Wildman–Crippen LogP) is 7.66. The molecule has 0 bridgehead atoms. The molecule has 0 spiro atoms. The zero-order valence-corrected chi connectivity index (χ0v) is 26.8. The summed E-state index contributed by atoms with van der Waals surface area (Å²) in [5.74, 6) is -0.716. The number of alkyl halides is 5. The minimum absolute atomic E-state index is 0.0626. The Morgan fingerprint density at radius 3 is 2.17 bits per heavy atom. The zero-order chi connectivity index (χ0) is 34.4. The zero-order valence-electron chi connectivity index (χ0n) is 25.9. The number of anilines is 1. The summed E-state index contributed by atoms with van der Waals surface area (Å²) in [5.41, 5.74) is 1.38. The summed E-state index contributed by atoms with van der Waals surface area (Å²) >= 11 is 0. The molecule has 0 radical (unpaired) electrons. The van der Waals surface area contributed by atoms with E-state index >= 15 is 0 Å². The monoisotopic (exact) mass is 677 g/mol. The third-order valence-corrected chi connectivity index (χ3v) is 10.1. The minimum Gasteiger partial charge on any atom is -0.366 e. The second kappa shape index (κ2) is 14.8. The van der Waals surface area contributed by atoms with Crippen LogP contribution in [-0.2, 0) is 20.8 Å². The molecule has 1 unspecified atom stereocenters. The summed E-state index contributed by atoms with van der Waals surface area (Å²) in [6.45, 7) is 2.92. The Morgan fingerprint density at radius 2 is 1.62 bits per heavy atom. The van der Waals surface area contributed by atoms with Gasteiger partial charge in [0.15, 0.2) is 9.84 Å². The van der Waals surface area contributed by atoms with Gasteiger partial charge in [-0.2, -0.15) is 27.2 Å². The number of sulfone groups is 1. The molecule has 3 aromatic rings. The number of nitrogens with zero attached hydrogens (tertiary/aromatic N) is 2. The van der Waals surface area contributed by atoms with Crippen molar-refractivity contribution in [3.05, 3.63) is 95.1 Å². The number of benzene rings is 3. The average Bonchev–Trinajstić information content (AvgIpc) is 3.07. The Hall–Kier alpha value is -4.02. The number of hydrogen-bond acceptors (Lipinski definition) is 6. The van der Waals surface area contributed by atoms with E-state index in [9.17, 15) is 40.4 Å². The molecule has 3 atom stereocenters. The summed E-state index contributed by atoms with van der Waals surface area (Å²) < 4.78 is 96.6. The quantitative estimate of drug-likeness (QED) is 0.198. The third-order valence-electron chi connectivity index (χ3n) is 8.40. The van der Waals surface area contributed by atoms with Crippen LogP contribution in [0.5, 0.6) is 0 Å². The first-order chi connectivity index (χ1) is 22.2. The van der Waals surface area contributed by atoms with Crippen molar-refractivity contribution >= 4 is 21.4 Å². The first-order valence-electron chi connectivity index (χ1n) is 15.2. The van der Waals surface area contributed by atoms with E-state index in [-0.39, 0.29) is 35.2 Å². The first-order valence-corrected chi connectivity index (χ1v) is 16.9. The van der Waals surface area contributed by atoms with Crippen LogP contribution in [0.25, 0.3) is 0 Å². The number of halogens is 5. The van der Waals surface area contributed by atoms with Crippen LogP contribution in [0.4, 0.5) is 27.6 Å². The molecular formula is C34H36F5N3O4S. The number of rotatable bonds is 12. The predicted molar refractivity (Wildman–Crippen MR) is 167 cm³/mol. The van der Waals surface area contributed by atoms with Crippen molar-refractivity contribution in [2.75, 3.05) is 23.8 Å². The minimum atomic E-state index is -4.46. The van der Waals surface area contributed by atoms with Crippen molar-refractivity contribution in [3.8, 4) is 6.07 Å². The Balaban J connectivity index is 1.53. The van der Waals surface area contributed by atoms with Gasteiger partial charge < -0.3 is 15.0 Å². The Morgan fingerprint density at radius 1 is 0.979 bits per heavy atom. The van der Waals surface area contributed by atoms with E-state index in [2.05, 4.69) is 5.32 Å². The van der Waals surface area contributed by atoms with Gasteiger partial charge in [0.05, 0.1) is 47.4 Å². The second-order valence-electron chi connectivity index (χ2n) is 11.4. The Bertz CT molecular complexity index is 1660. The van der Waals surface area contributed by atoms with E-state index < -0.39 is 52.1 Å². The van der Waals surface area contributed by atoms with Gasteiger partial charge >= 0.3 is 12.3 Å². The number of nitriles is 1. The highest BCUT2D eigenvalue weighted by Gasteiger charge is 2.35. The number of ether oxygens (including phenoxy) is 1. The lowest BCUT2D eigenvalue weighted by Gasteiger charge is -2.42. The molecule has 1 heterocycles. The molecule has 1 aliphatic rings. The summed E-state index contributed by atoms with van der Waals surface area (Å²) in [7, 11) is -3.42. The fourth-order valence-electron chi connectivity index (χ4n) is 5.52. The van der Waals surface area contributed by atoms with E-state index in [0.29, 0.717) is 36.2 Å². The van der Waals surface area contributed by atoms with Crippen molar-refractivity contribution in [2.45, 2.75) is 74.7 Å². The fourth-order valence-corrected chi connectivity index (χ4v) is 6.40. The highest BCUT2D eigenvalue weighted by molar-refractivity contribution is 7.91. The van der Waals surface area contributed by atoms with Crippen LogP contribution in [0.3, 0.4) is 0 Å². The smallest absolute Gasteiger partial charge is 0.366 e. The van der Waals surface area contributed by atoms with Crippen molar-refractivity contribution in [1.29, 1.82) is 5.26 Å². The van der Waals surface area contributed by atoms with Crippen molar-refractivity contribution in [2.24, 2.45) is 0 Å². The third kappa shape index (κ3) is 9.08. The molecule has 1 aliphatic heterocycles. The molecule has 1 saturated heterocycles. The van der Waals surface area contributed by atoms with Gasteiger partial charge in [0.1, 0.15) is 0 Å². The lowest BCUT2D eigenvalue weighted by atomic mass is 9.86. The van der Waals surface area contributed by atoms with E-state index in [4.69, 9.17) is 4.74 Å². The maximum Gasteiger partial charge on any atom is 0.416 e. The van der Waals surface area contributed by atoms with Crippen molar-refractivity contribution < 1.29 is 39.9 Å². The molecule has 7 nitrogen and oxygen atoms in total. The van der Waals surface area contributed by atoms with Gasteiger partial charge in [-0.15, -0.1) is 0 Å². The van der Waals surface area contributed by atoms with Crippen LogP contribution in [0.15, 0.2) is 77.7 Å². The number of amides is 1. The highest BCUT2D eigenvalue weighted by Crippen LogP contribution is 2.36. The fraction of sp³-hybridized carbons (Fsp3) is 0.412. The number of hydrogen-bond donors (Lipinski definition) is 1. The largest absolute Gasteiger partial charge is 0.416 e. The molecule has 3 aromatic carbocycles. The van der Waals surface area contributed by atoms with Crippen molar-refractivity contribution in [1.82, 2.24) is 5.32 Å². The highest BCUT2D eigenvalue weighted by atomic mass is 32.2. The van der Waals surface area contributed by atoms with Crippen LogP contribution >= 0.6 is 0 Å². The molecule has 1 fully saturated rings. The SMILES string of the molecule is CCC(F)(F)OC[C@@H]1CCC(c2ccc(C(F)(F)F)cc2)CN1c1ccc(C(=O)N[C@H](CC#N)c2ccc(S(=O)(=O)CC)cc2)cc1. The van der Waals surface area contributed by atoms with Gasteiger partial charge in [0, 0.05) is 30.1 Å². The summed E-state index contributed by atoms with van der Waals surface area (Å²) in [6.07, 6.45) is -7.32. The lowest BCUT2D eigenvalue weighted by molar-refractivity contribution is -0.241. The average molecular weight is 678 g/mol. The summed E-state index contributed by atoms with van der Waals surface area (Å²) in [5, 5.41) is 12.2. The van der Waals surface area contributed by atoms with E-state index in [1.807, 2.05) is 11.0 Å². The Labute approximate surface area is 271 Å². The van der Waals surface area contributed by atoms with Gasteiger partial charge in [-0.05, 0) is 72.5 Å². The topological polar surface area (TPSA) is 99.5 Å². The van der Waals surface area contributed by atoms with E-state index in [0.717, 1.165) is 12.1 Å². The molecule has 252 valence electrons. The summed E-state index contributed by atoms with van der Waals surface area (Å²) in [4.78, 5) is 15.2.